The molecular formula is C20H24O4S. The summed E-state index contributed by atoms with van der Waals surface area (Å²) in [5, 5.41) is 0. The number of rotatable bonds is 5. The predicted octanol–water partition coefficient (Wildman–Crippen LogP) is 3.90. The topological polar surface area (TPSA) is 55.9 Å². The van der Waals surface area contributed by atoms with Gasteiger partial charge in [-0.3, -0.25) is 0 Å². The van der Waals surface area contributed by atoms with E-state index in [4.69, 9.17) is 9.47 Å². The Kier molecular flexibility index (Phi) is 4.64. The normalized spacial score (nSPS) is 17.4. The van der Waals surface area contributed by atoms with E-state index in [1.807, 2.05) is 12.1 Å². The maximum Gasteiger partial charge on any atom is 0.206 e. The molecule has 134 valence electrons. The summed E-state index contributed by atoms with van der Waals surface area (Å²) in [5.41, 5.74) is 1.57. The molecule has 0 saturated carbocycles. The maximum absolute atomic E-state index is 13.0. The minimum absolute atomic E-state index is 0.115. The van der Waals surface area contributed by atoms with Gasteiger partial charge in [-0.25, -0.2) is 8.42 Å². The Morgan fingerprint density at radius 2 is 1.84 bits per heavy atom. The van der Waals surface area contributed by atoms with Crippen LogP contribution in [0.5, 0.6) is 5.75 Å². The van der Waals surface area contributed by atoms with Gasteiger partial charge in [-0.1, -0.05) is 45.0 Å². The van der Waals surface area contributed by atoms with Crippen LogP contribution < -0.4 is 4.74 Å². The van der Waals surface area contributed by atoms with Crippen molar-refractivity contribution in [1.29, 1.82) is 0 Å². The summed E-state index contributed by atoms with van der Waals surface area (Å²) >= 11 is 0. The lowest BCUT2D eigenvalue weighted by molar-refractivity contribution is 0.257. The number of sulfone groups is 1. The molecule has 1 atom stereocenters. The molecule has 1 saturated heterocycles. The summed E-state index contributed by atoms with van der Waals surface area (Å²) in [4.78, 5) is 0.580. The Balaban J connectivity index is 2.04. The van der Waals surface area contributed by atoms with Crippen molar-refractivity contribution >= 4 is 9.84 Å². The van der Waals surface area contributed by atoms with Crippen molar-refractivity contribution in [3.05, 3.63) is 53.6 Å². The third kappa shape index (κ3) is 3.88. The second kappa shape index (κ2) is 6.46. The van der Waals surface area contributed by atoms with Gasteiger partial charge in [-0.05, 0) is 41.7 Å². The highest BCUT2D eigenvalue weighted by molar-refractivity contribution is 7.91. The lowest BCUT2D eigenvalue weighted by Crippen LogP contribution is -2.16. The molecule has 0 aliphatic carbocycles. The average molecular weight is 360 g/mol. The van der Waals surface area contributed by atoms with Gasteiger partial charge in [-0.15, -0.1) is 0 Å². The number of ether oxygens (including phenoxy) is 2. The Morgan fingerprint density at radius 3 is 2.44 bits per heavy atom. The van der Waals surface area contributed by atoms with Gasteiger partial charge in [0.15, 0.2) is 0 Å². The number of epoxide rings is 1. The van der Waals surface area contributed by atoms with Crippen LogP contribution in [0, 0.1) is 6.92 Å². The van der Waals surface area contributed by atoms with Crippen molar-refractivity contribution in [1.82, 2.24) is 0 Å². The molecule has 2 aromatic carbocycles. The Morgan fingerprint density at radius 1 is 1.16 bits per heavy atom. The van der Waals surface area contributed by atoms with E-state index in [-0.39, 0.29) is 16.4 Å². The van der Waals surface area contributed by atoms with E-state index in [9.17, 15) is 8.42 Å². The van der Waals surface area contributed by atoms with Crippen molar-refractivity contribution in [2.45, 2.75) is 49.0 Å². The molecule has 0 N–H and O–H groups in total. The lowest BCUT2D eigenvalue weighted by atomic mass is 9.86. The summed E-state index contributed by atoms with van der Waals surface area (Å²) in [6, 6.07) is 12.2. The number of hydrogen-bond acceptors (Lipinski definition) is 4. The Bertz CT molecular complexity index is 875. The van der Waals surface area contributed by atoms with Crippen LogP contribution in [0.1, 0.15) is 31.9 Å². The molecule has 4 nitrogen and oxygen atoms in total. The molecule has 0 radical (unpaired) electrons. The molecule has 1 fully saturated rings. The van der Waals surface area contributed by atoms with Crippen LogP contribution in [0.2, 0.25) is 0 Å². The van der Waals surface area contributed by atoms with Crippen molar-refractivity contribution in [3.8, 4) is 5.75 Å². The summed E-state index contributed by atoms with van der Waals surface area (Å²) < 4.78 is 37.2. The van der Waals surface area contributed by atoms with Crippen molar-refractivity contribution in [2.24, 2.45) is 0 Å². The average Bonchev–Trinajstić information content (AvgIpc) is 3.36. The highest BCUT2D eigenvalue weighted by Gasteiger charge is 2.27. The van der Waals surface area contributed by atoms with Crippen molar-refractivity contribution in [3.63, 3.8) is 0 Å². The van der Waals surface area contributed by atoms with Crippen LogP contribution in [-0.4, -0.2) is 27.7 Å². The highest BCUT2D eigenvalue weighted by Crippen LogP contribution is 2.35. The fourth-order valence-electron chi connectivity index (χ4n) is 2.74. The predicted molar refractivity (Wildman–Crippen MR) is 97.0 cm³/mol. The first kappa shape index (κ1) is 18.0. The first-order chi connectivity index (χ1) is 11.7. The molecule has 1 unspecified atom stereocenters. The molecule has 3 rings (SSSR count). The first-order valence-electron chi connectivity index (χ1n) is 8.39. The van der Waals surface area contributed by atoms with Gasteiger partial charge in [0.25, 0.3) is 0 Å². The number of aryl methyl sites for hydroxylation is 1. The van der Waals surface area contributed by atoms with Crippen LogP contribution in [0.15, 0.2) is 52.3 Å². The SMILES string of the molecule is Cc1ccccc1S(=O)(=O)c1ccc(C(C)(C)C)c(OCC2CO2)c1. The molecule has 0 spiro atoms. The van der Waals surface area contributed by atoms with Crippen LogP contribution in [0.3, 0.4) is 0 Å². The monoisotopic (exact) mass is 360 g/mol. The van der Waals surface area contributed by atoms with Gasteiger partial charge in [0.2, 0.25) is 9.84 Å². The zero-order chi connectivity index (χ0) is 18.2. The zero-order valence-corrected chi connectivity index (χ0v) is 15.9. The maximum atomic E-state index is 13.0. The van der Waals surface area contributed by atoms with Crippen LogP contribution in [0.25, 0.3) is 0 Å². The van der Waals surface area contributed by atoms with E-state index in [0.717, 1.165) is 11.1 Å². The summed E-state index contributed by atoms with van der Waals surface area (Å²) in [5.74, 6) is 0.609. The zero-order valence-electron chi connectivity index (χ0n) is 15.1. The Labute approximate surface area is 149 Å². The van der Waals surface area contributed by atoms with Gasteiger partial charge in [0, 0.05) is 0 Å². The molecule has 1 aliphatic rings. The van der Waals surface area contributed by atoms with Gasteiger partial charge in [0.05, 0.1) is 16.4 Å². The van der Waals surface area contributed by atoms with E-state index >= 15 is 0 Å². The Hall–Kier alpha value is -1.85. The summed E-state index contributed by atoms with van der Waals surface area (Å²) in [6.07, 6.45) is 0.115. The first-order valence-corrected chi connectivity index (χ1v) is 9.87. The molecule has 1 aliphatic heterocycles. The van der Waals surface area contributed by atoms with Gasteiger partial charge in [0.1, 0.15) is 18.5 Å². The quantitative estimate of drug-likeness (QED) is 0.759. The highest BCUT2D eigenvalue weighted by atomic mass is 32.2. The molecular weight excluding hydrogens is 336 g/mol. The smallest absolute Gasteiger partial charge is 0.206 e. The fraction of sp³-hybridized carbons (Fsp3) is 0.400. The largest absolute Gasteiger partial charge is 0.490 e. The van der Waals surface area contributed by atoms with Gasteiger partial charge >= 0.3 is 0 Å². The lowest BCUT2D eigenvalue weighted by Gasteiger charge is -2.23. The third-order valence-electron chi connectivity index (χ3n) is 4.28. The van der Waals surface area contributed by atoms with Crippen LogP contribution >= 0.6 is 0 Å². The molecule has 2 aromatic rings. The molecule has 5 heteroatoms. The van der Waals surface area contributed by atoms with E-state index in [1.165, 1.54) is 0 Å². The van der Waals surface area contributed by atoms with E-state index in [1.54, 1.807) is 37.3 Å². The summed E-state index contributed by atoms with van der Waals surface area (Å²) in [7, 11) is -3.59. The van der Waals surface area contributed by atoms with Crippen LogP contribution in [0.4, 0.5) is 0 Å². The second-order valence-electron chi connectivity index (χ2n) is 7.44. The number of benzene rings is 2. The molecule has 25 heavy (non-hydrogen) atoms. The molecule has 0 amide bonds. The van der Waals surface area contributed by atoms with E-state index in [0.29, 0.717) is 23.9 Å². The number of hydrogen-bond donors (Lipinski definition) is 0. The third-order valence-corrected chi connectivity index (χ3v) is 6.19. The van der Waals surface area contributed by atoms with Crippen molar-refractivity contribution < 1.29 is 17.9 Å². The minimum atomic E-state index is -3.59. The van der Waals surface area contributed by atoms with Gasteiger partial charge < -0.3 is 9.47 Å². The van der Waals surface area contributed by atoms with E-state index < -0.39 is 9.84 Å². The standard InChI is InChI=1S/C20H24O4S/c1-14-7-5-6-8-19(14)25(21,22)16-9-10-17(20(2,3)4)18(11-16)24-13-15-12-23-15/h5-11,15H,12-13H2,1-4H3. The molecule has 1 heterocycles. The van der Waals surface area contributed by atoms with Crippen molar-refractivity contribution in [2.75, 3.05) is 13.2 Å². The van der Waals surface area contributed by atoms with Gasteiger partial charge in [-0.2, -0.15) is 0 Å². The van der Waals surface area contributed by atoms with E-state index in [2.05, 4.69) is 20.8 Å². The van der Waals surface area contributed by atoms with Crippen LogP contribution in [-0.2, 0) is 20.0 Å². The molecule has 0 bridgehead atoms. The fourth-order valence-corrected chi connectivity index (χ4v) is 4.25. The summed E-state index contributed by atoms with van der Waals surface area (Å²) in [6.45, 7) is 9.19. The molecule has 0 aromatic heterocycles. The minimum Gasteiger partial charge on any atom is -0.490 e. The second-order valence-corrected chi connectivity index (χ2v) is 9.36.